The first kappa shape index (κ1) is 25.5. The van der Waals surface area contributed by atoms with Gasteiger partial charge in [0.15, 0.2) is 15.8 Å². The normalized spacial score (nSPS) is 16.6. The molecule has 0 spiro atoms. The lowest BCUT2D eigenvalue weighted by atomic mass is 10.2. The lowest BCUT2D eigenvalue weighted by molar-refractivity contribution is 0.592. The molecule has 0 radical (unpaired) electrons. The molecule has 2 aromatic carbocycles. The molecule has 1 aliphatic rings. The van der Waals surface area contributed by atoms with Gasteiger partial charge in [0.2, 0.25) is 0 Å². The molecule has 8 heteroatoms. The van der Waals surface area contributed by atoms with Crippen molar-refractivity contribution in [2.24, 2.45) is 4.99 Å². The Morgan fingerprint density at radius 3 is 2.45 bits per heavy atom. The molecule has 1 atom stereocenters. The summed E-state index contributed by atoms with van der Waals surface area (Å²) in [4.78, 5) is 6.97. The zero-order valence-corrected chi connectivity index (χ0v) is 21.2. The van der Waals surface area contributed by atoms with Crippen molar-refractivity contribution in [2.45, 2.75) is 31.6 Å². The lowest BCUT2D eigenvalue weighted by Crippen LogP contribution is -2.44. The minimum atomic E-state index is -3.12. The maximum Gasteiger partial charge on any atom is 0.191 e. The monoisotopic (exact) mass is 556 g/mol. The van der Waals surface area contributed by atoms with Crippen LogP contribution in [0.2, 0.25) is 0 Å². The third-order valence-electron chi connectivity index (χ3n) is 5.11. The third-order valence-corrected chi connectivity index (χ3v) is 6.79. The fourth-order valence-corrected chi connectivity index (χ4v) is 5.05. The average molecular weight is 557 g/mol. The smallest absolute Gasteiger partial charge is 0.191 e. The largest absolute Gasteiger partial charge is 0.369 e. The van der Waals surface area contributed by atoms with E-state index in [4.69, 9.17) is 0 Å². The number of benzene rings is 2. The summed E-state index contributed by atoms with van der Waals surface area (Å²) in [6.07, 6.45) is 1.57. The van der Waals surface area contributed by atoms with E-state index in [0.29, 0.717) is 19.0 Å². The molecule has 1 saturated heterocycles. The first-order valence-corrected chi connectivity index (χ1v) is 12.5. The first-order chi connectivity index (χ1) is 14.6. The Hall–Kier alpha value is -1.81. The number of para-hydroxylation sites is 1. The van der Waals surface area contributed by atoms with Crippen molar-refractivity contribution in [1.29, 1.82) is 0 Å². The topological polar surface area (TPSA) is 73.8 Å². The molecule has 0 saturated carbocycles. The SMILES string of the molecule is CCNC(=NCCCS(=O)(=O)Cc1ccccc1)NC1CCN(c2ccccc2)C1.I. The van der Waals surface area contributed by atoms with Gasteiger partial charge in [-0.1, -0.05) is 48.5 Å². The van der Waals surface area contributed by atoms with E-state index in [9.17, 15) is 8.42 Å². The fraction of sp³-hybridized carbons (Fsp3) is 0.435. The molecular formula is C23H33IN4O2S. The zero-order chi connectivity index (χ0) is 21.2. The van der Waals surface area contributed by atoms with Crippen molar-refractivity contribution in [3.05, 3.63) is 66.2 Å². The predicted molar refractivity (Wildman–Crippen MR) is 140 cm³/mol. The molecule has 0 aromatic heterocycles. The molecule has 2 aromatic rings. The van der Waals surface area contributed by atoms with Gasteiger partial charge in [-0.05, 0) is 37.5 Å². The summed E-state index contributed by atoms with van der Waals surface area (Å²) < 4.78 is 24.7. The molecule has 1 fully saturated rings. The van der Waals surface area contributed by atoms with Crippen molar-refractivity contribution in [3.8, 4) is 0 Å². The lowest BCUT2D eigenvalue weighted by Gasteiger charge is -2.20. The van der Waals surface area contributed by atoms with E-state index < -0.39 is 9.84 Å². The minimum Gasteiger partial charge on any atom is -0.369 e. The first-order valence-electron chi connectivity index (χ1n) is 10.6. The van der Waals surface area contributed by atoms with Crippen molar-refractivity contribution in [3.63, 3.8) is 0 Å². The predicted octanol–water partition coefficient (Wildman–Crippen LogP) is 3.44. The highest BCUT2D eigenvalue weighted by Crippen LogP contribution is 2.19. The highest BCUT2D eigenvalue weighted by molar-refractivity contribution is 14.0. The average Bonchev–Trinajstić information content (AvgIpc) is 3.21. The molecule has 3 rings (SSSR count). The second kappa shape index (κ2) is 12.9. The van der Waals surface area contributed by atoms with Crippen molar-refractivity contribution >= 4 is 45.5 Å². The number of halogens is 1. The summed E-state index contributed by atoms with van der Waals surface area (Å²) in [5.74, 6) is 1.00. The van der Waals surface area contributed by atoms with Crippen LogP contribution >= 0.6 is 24.0 Å². The zero-order valence-electron chi connectivity index (χ0n) is 18.0. The van der Waals surface area contributed by atoms with Gasteiger partial charge < -0.3 is 15.5 Å². The summed E-state index contributed by atoms with van der Waals surface area (Å²) in [6, 6.07) is 20.1. The van der Waals surface area contributed by atoms with Crippen molar-refractivity contribution in [2.75, 3.05) is 36.8 Å². The second-order valence-electron chi connectivity index (χ2n) is 7.60. The standard InChI is InChI=1S/C23H32N4O2S.HI/c1-2-24-23(26-21-14-16-27(18-21)22-12-7-4-8-13-22)25-15-9-17-30(28,29)19-20-10-5-3-6-11-20;/h3-8,10-13,21H,2,9,14-19H2,1H3,(H2,24,25,26);1H. The van der Waals surface area contributed by atoms with Crippen LogP contribution in [0.3, 0.4) is 0 Å². The van der Waals surface area contributed by atoms with E-state index >= 15 is 0 Å². The Morgan fingerprint density at radius 1 is 1.10 bits per heavy atom. The molecule has 1 heterocycles. The molecular weight excluding hydrogens is 523 g/mol. The number of hydrogen-bond donors (Lipinski definition) is 2. The Morgan fingerprint density at radius 2 is 1.77 bits per heavy atom. The number of rotatable bonds is 9. The number of hydrogen-bond acceptors (Lipinski definition) is 4. The minimum absolute atomic E-state index is 0. The van der Waals surface area contributed by atoms with E-state index in [-0.39, 0.29) is 35.5 Å². The molecule has 170 valence electrons. The molecule has 1 unspecified atom stereocenters. The number of nitrogens with zero attached hydrogens (tertiary/aromatic N) is 2. The van der Waals surface area contributed by atoms with Gasteiger partial charge in [-0.25, -0.2) is 8.42 Å². The van der Waals surface area contributed by atoms with Gasteiger partial charge >= 0.3 is 0 Å². The van der Waals surface area contributed by atoms with E-state index in [0.717, 1.165) is 37.6 Å². The molecule has 6 nitrogen and oxygen atoms in total. The van der Waals surface area contributed by atoms with Crippen LogP contribution in [0.15, 0.2) is 65.7 Å². The van der Waals surface area contributed by atoms with Crippen LogP contribution in [0.1, 0.15) is 25.3 Å². The fourth-order valence-electron chi connectivity index (χ4n) is 3.64. The van der Waals surface area contributed by atoms with E-state index in [2.05, 4.69) is 44.8 Å². The van der Waals surface area contributed by atoms with Gasteiger partial charge in [0.05, 0.1) is 11.5 Å². The molecule has 2 N–H and O–H groups in total. The number of anilines is 1. The third kappa shape index (κ3) is 8.68. The number of nitrogens with one attached hydrogen (secondary N) is 2. The molecule has 0 amide bonds. The van der Waals surface area contributed by atoms with Gasteiger partial charge in [-0.15, -0.1) is 24.0 Å². The van der Waals surface area contributed by atoms with Crippen LogP contribution in [0.4, 0.5) is 5.69 Å². The van der Waals surface area contributed by atoms with Crippen LogP contribution < -0.4 is 15.5 Å². The van der Waals surface area contributed by atoms with Crippen LogP contribution in [0.5, 0.6) is 0 Å². The molecule has 1 aliphatic heterocycles. The summed E-state index contributed by atoms with van der Waals surface area (Å²) in [6.45, 7) is 5.23. The van der Waals surface area contributed by atoms with Crippen LogP contribution in [0, 0.1) is 0 Å². The van der Waals surface area contributed by atoms with Gasteiger partial charge in [0, 0.05) is 37.9 Å². The summed E-state index contributed by atoms with van der Waals surface area (Å²) in [7, 11) is -3.12. The van der Waals surface area contributed by atoms with Crippen molar-refractivity contribution in [1.82, 2.24) is 10.6 Å². The van der Waals surface area contributed by atoms with Gasteiger partial charge in [0.25, 0.3) is 0 Å². The Balaban J connectivity index is 0.00000341. The Bertz CT molecular complexity index is 908. The maximum absolute atomic E-state index is 12.3. The molecule has 0 bridgehead atoms. The van der Waals surface area contributed by atoms with E-state index in [1.807, 2.05) is 43.3 Å². The number of sulfone groups is 1. The van der Waals surface area contributed by atoms with Gasteiger partial charge in [-0.3, -0.25) is 4.99 Å². The summed E-state index contributed by atoms with van der Waals surface area (Å²) in [5, 5.41) is 6.77. The van der Waals surface area contributed by atoms with Crippen LogP contribution in [0.25, 0.3) is 0 Å². The Kier molecular flexibility index (Phi) is 10.6. The molecule has 0 aliphatic carbocycles. The molecule has 31 heavy (non-hydrogen) atoms. The van der Waals surface area contributed by atoms with Crippen LogP contribution in [-0.2, 0) is 15.6 Å². The number of guanidine groups is 1. The highest BCUT2D eigenvalue weighted by atomic mass is 127. The summed E-state index contributed by atoms with van der Waals surface area (Å²) in [5.41, 5.74) is 2.08. The van der Waals surface area contributed by atoms with Gasteiger partial charge in [0.1, 0.15) is 0 Å². The van der Waals surface area contributed by atoms with E-state index in [1.165, 1.54) is 5.69 Å². The van der Waals surface area contributed by atoms with Gasteiger partial charge in [-0.2, -0.15) is 0 Å². The quantitative estimate of drug-likeness (QED) is 0.214. The van der Waals surface area contributed by atoms with E-state index in [1.54, 1.807) is 0 Å². The van der Waals surface area contributed by atoms with Crippen LogP contribution in [-0.4, -0.2) is 52.4 Å². The van der Waals surface area contributed by atoms with Crippen molar-refractivity contribution < 1.29 is 8.42 Å². The summed E-state index contributed by atoms with van der Waals surface area (Å²) >= 11 is 0. The highest BCUT2D eigenvalue weighted by Gasteiger charge is 2.23. The Labute approximate surface area is 203 Å². The maximum atomic E-state index is 12.3. The second-order valence-corrected chi connectivity index (χ2v) is 9.79. The number of aliphatic imine (C=N–C) groups is 1.